The molecule has 172 valence electrons. The highest BCUT2D eigenvalue weighted by Gasteiger charge is 2.32. The second kappa shape index (κ2) is 9.15. The second-order valence-electron chi connectivity index (χ2n) is 8.46. The van der Waals surface area contributed by atoms with Gasteiger partial charge in [0.1, 0.15) is 5.82 Å². The molecular formula is C25H27N3O5. The molecule has 0 radical (unpaired) electrons. The largest absolute Gasteiger partial charge is 0.493 e. The highest BCUT2D eigenvalue weighted by Crippen LogP contribution is 2.36. The van der Waals surface area contributed by atoms with Crippen LogP contribution in [0.4, 0.5) is 5.82 Å². The van der Waals surface area contributed by atoms with Gasteiger partial charge in [-0.05, 0) is 36.2 Å². The average Bonchev–Trinajstić information content (AvgIpc) is 3.54. The number of nitrogens with one attached hydrogen (secondary N) is 2. The van der Waals surface area contributed by atoms with E-state index < -0.39 is 0 Å². The molecule has 0 aliphatic carbocycles. The quantitative estimate of drug-likeness (QED) is 0.574. The number of anilines is 1. The number of nitrogens with zero attached hydrogens (tertiary/aromatic N) is 1. The minimum absolute atomic E-state index is 0.0140. The standard InChI is InChI=1S/C25H27N3O5/c1-31-20-9-8-16(11-21(20)33-25-7-4-10-32-25)18-13-24(30)28(14-18)15-23(29)27-22-12-17-5-2-3-6-19(17)26-22/h2-3,5-6,8-9,11-12,18,25-26H,4,7,10,13-15H2,1H3,(H,27,29)/t18-,25?/m1/s1. The van der Waals surface area contributed by atoms with Crippen LogP contribution in [0, 0.1) is 0 Å². The Morgan fingerprint density at radius 2 is 2.09 bits per heavy atom. The van der Waals surface area contributed by atoms with Crippen molar-refractivity contribution in [3.8, 4) is 11.5 Å². The number of para-hydroxylation sites is 1. The molecule has 3 heterocycles. The van der Waals surface area contributed by atoms with Crippen molar-refractivity contribution >= 4 is 28.5 Å². The molecule has 0 saturated carbocycles. The van der Waals surface area contributed by atoms with E-state index >= 15 is 0 Å². The Morgan fingerprint density at radius 3 is 2.88 bits per heavy atom. The molecule has 2 fully saturated rings. The molecule has 2 aromatic carbocycles. The molecule has 0 spiro atoms. The third-order valence-electron chi connectivity index (χ3n) is 6.16. The van der Waals surface area contributed by atoms with Gasteiger partial charge in [-0.1, -0.05) is 24.3 Å². The number of hydrogen-bond acceptors (Lipinski definition) is 5. The van der Waals surface area contributed by atoms with E-state index in [9.17, 15) is 9.59 Å². The predicted octanol–water partition coefficient (Wildman–Crippen LogP) is 3.65. The van der Waals surface area contributed by atoms with Crippen molar-refractivity contribution in [3.05, 3.63) is 54.1 Å². The Bertz CT molecular complexity index is 1130. The molecule has 1 aromatic heterocycles. The second-order valence-corrected chi connectivity index (χ2v) is 8.46. The van der Waals surface area contributed by atoms with Crippen LogP contribution in [0.5, 0.6) is 11.5 Å². The van der Waals surface area contributed by atoms with Crippen LogP contribution in [0.1, 0.15) is 30.7 Å². The summed E-state index contributed by atoms with van der Waals surface area (Å²) in [5.41, 5.74) is 1.93. The summed E-state index contributed by atoms with van der Waals surface area (Å²) in [6.45, 7) is 1.18. The lowest BCUT2D eigenvalue weighted by Gasteiger charge is -2.19. The molecule has 5 rings (SSSR count). The fraction of sp³-hybridized carbons (Fsp3) is 0.360. The van der Waals surface area contributed by atoms with E-state index in [1.807, 2.05) is 48.5 Å². The van der Waals surface area contributed by atoms with E-state index in [2.05, 4.69) is 10.3 Å². The lowest BCUT2D eigenvalue weighted by atomic mass is 9.98. The maximum atomic E-state index is 12.6. The zero-order valence-corrected chi connectivity index (χ0v) is 18.5. The van der Waals surface area contributed by atoms with Gasteiger partial charge in [0.15, 0.2) is 17.8 Å². The number of carbonyl (C=O) groups is 2. The molecule has 2 N–H and O–H groups in total. The SMILES string of the molecule is COc1ccc([C@@H]2CC(=O)N(CC(=O)Nc3cc4ccccc4[nH]3)C2)cc1OC1CCCO1. The van der Waals surface area contributed by atoms with Crippen LogP contribution in [0.2, 0.25) is 0 Å². The number of carbonyl (C=O) groups excluding carboxylic acids is 2. The highest BCUT2D eigenvalue weighted by atomic mass is 16.7. The van der Waals surface area contributed by atoms with Gasteiger partial charge in [0.05, 0.1) is 20.3 Å². The number of benzene rings is 2. The van der Waals surface area contributed by atoms with Crippen LogP contribution in [-0.2, 0) is 14.3 Å². The van der Waals surface area contributed by atoms with Crippen molar-refractivity contribution in [2.45, 2.75) is 31.5 Å². The minimum atomic E-state index is -0.274. The van der Waals surface area contributed by atoms with Crippen LogP contribution in [-0.4, -0.2) is 54.8 Å². The van der Waals surface area contributed by atoms with E-state index in [1.54, 1.807) is 12.0 Å². The molecule has 2 aliphatic heterocycles. The number of aromatic nitrogens is 1. The molecular weight excluding hydrogens is 422 g/mol. The summed E-state index contributed by atoms with van der Waals surface area (Å²) in [4.78, 5) is 30.0. The summed E-state index contributed by atoms with van der Waals surface area (Å²) in [6, 6.07) is 15.4. The normalized spacial score (nSPS) is 20.4. The van der Waals surface area contributed by atoms with Gasteiger partial charge in [0.25, 0.3) is 0 Å². The number of ether oxygens (including phenoxy) is 3. The Morgan fingerprint density at radius 1 is 1.21 bits per heavy atom. The minimum Gasteiger partial charge on any atom is -0.493 e. The van der Waals surface area contributed by atoms with E-state index in [4.69, 9.17) is 14.2 Å². The van der Waals surface area contributed by atoms with Crippen molar-refractivity contribution in [1.29, 1.82) is 0 Å². The fourth-order valence-corrected chi connectivity index (χ4v) is 4.47. The molecule has 2 amide bonds. The molecule has 33 heavy (non-hydrogen) atoms. The Balaban J connectivity index is 1.23. The Hall–Kier alpha value is -3.52. The number of fused-ring (bicyclic) bond motifs is 1. The van der Waals surface area contributed by atoms with Crippen LogP contribution >= 0.6 is 0 Å². The summed E-state index contributed by atoms with van der Waals surface area (Å²) in [5.74, 6) is 1.58. The summed E-state index contributed by atoms with van der Waals surface area (Å²) >= 11 is 0. The third kappa shape index (κ3) is 4.66. The summed E-state index contributed by atoms with van der Waals surface area (Å²) < 4.78 is 17.0. The topological polar surface area (TPSA) is 92.9 Å². The van der Waals surface area contributed by atoms with Crippen molar-refractivity contribution in [3.63, 3.8) is 0 Å². The van der Waals surface area contributed by atoms with E-state index in [0.29, 0.717) is 36.9 Å². The molecule has 8 heteroatoms. The first kappa shape index (κ1) is 21.3. The van der Waals surface area contributed by atoms with E-state index in [0.717, 1.165) is 29.3 Å². The number of likely N-dealkylation sites (tertiary alicyclic amines) is 1. The van der Waals surface area contributed by atoms with Gasteiger partial charge in [-0.15, -0.1) is 0 Å². The molecule has 2 saturated heterocycles. The average molecular weight is 450 g/mol. The molecule has 0 bridgehead atoms. The van der Waals surface area contributed by atoms with Crippen molar-refractivity contribution < 1.29 is 23.8 Å². The first-order valence-corrected chi connectivity index (χ1v) is 11.2. The number of methoxy groups -OCH3 is 1. The van der Waals surface area contributed by atoms with Gasteiger partial charge < -0.3 is 29.4 Å². The monoisotopic (exact) mass is 449 g/mol. The van der Waals surface area contributed by atoms with Gasteiger partial charge in [-0.2, -0.15) is 0 Å². The smallest absolute Gasteiger partial charge is 0.245 e. The molecule has 2 aliphatic rings. The molecule has 3 aromatic rings. The zero-order valence-electron chi connectivity index (χ0n) is 18.5. The van der Waals surface area contributed by atoms with Crippen molar-refractivity contribution in [2.75, 3.05) is 32.1 Å². The van der Waals surface area contributed by atoms with Gasteiger partial charge >= 0.3 is 0 Å². The van der Waals surface area contributed by atoms with Gasteiger partial charge in [0.2, 0.25) is 11.8 Å². The molecule has 1 unspecified atom stereocenters. The number of H-pyrrole nitrogens is 1. The van der Waals surface area contributed by atoms with Crippen LogP contribution in [0.15, 0.2) is 48.5 Å². The Kier molecular flexibility index (Phi) is 5.92. The Labute approximate surface area is 191 Å². The van der Waals surface area contributed by atoms with Crippen LogP contribution in [0.25, 0.3) is 10.9 Å². The summed E-state index contributed by atoms with van der Waals surface area (Å²) in [6.07, 6.45) is 1.89. The first-order valence-electron chi connectivity index (χ1n) is 11.2. The third-order valence-corrected chi connectivity index (χ3v) is 6.16. The molecule has 8 nitrogen and oxygen atoms in total. The van der Waals surface area contributed by atoms with Gasteiger partial charge in [-0.25, -0.2) is 0 Å². The fourth-order valence-electron chi connectivity index (χ4n) is 4.47. The summed E-state index contributed by atoms with van der Waals surface area (Å²) in [7, 11) is 1.60. The summed E-state index contributed by atoms with van der Waals surface area (Å²) in [5, 5.41) is 3.88. The maximum absolute atomic E-state index is 12.6. The van der Waals surface area contributed by atoms with Gasteiger partial charge in [-0.3, -0.25) is 9.59 Å². The first-order chi connectivity index (χ1) is 16.1. The van der Waals surface area contributed by atoms with E-state index in [-0.39, 0.29) is 30.6 Å². The van der Waals surface area contributed by atoms with Crippen molar-refractivity contribution in [1.82, 2.24) is 9.88 Å². The maximum Gasteiger partial charge on any atom is 0.245 e. The van der Waals surface area contributed by atoms with Crippen LogP contribution < -0.4 is 14.8 Å². The number of amides is 2. The highest BCUT2D eigenvalue weighted by molar-refractivity contribution is 5.97. The number of rotatable bonds is 7. The lowest BCUT2D eigenvalue weighted by molar-refractivity contribution is -0.131. The molecule has 2 atom stereocenters. The van der Waals surface area contributed by atoms with Gasteiger partial charge in [0, 0.05) is 36.2 Å². The predicted molar refractivity (Wildman–Crippen MR) is 123 cm³/mol. The number of aromatic amines is 1. The van der Waals surface area contributed by atoms with Crippen LogP contribution in [0.3, 0.4) is 0 Å². The van der Waals surface area contributed by atoms with Crippen molar-refractivity contribution in [2.24, 2.45) is 0 Å². The van der Waals surface area contributed by atoms with E-state index in [1.165, 1.54) is 0 Å². The number of hydrogen-bond donors (Lipinski definition) is 2. The lowest BCUT2D eigenvalue weighted by Crippen LogP contribution is -2.34. The zero-order chi connectivity index (χ0) is 22.8.